The molecule has 0 amide bonds. The summed E-state index contributed by atoms with van der Waals surface area (Å²) >= 11 is 0. The van der Waals surface area contributed by atoms with Crippen LogP contribution in [0, 0.1) is 0 Å². The first-order valence-corrected chi connectivity index (χ1v) is 8.33. The maximum absolute atomic E-state index is 12.9. The lowest BCUT2D eigenvalue weighted by atomic mass is 10.2. The van der Waals surface area contributed by atoms with Gasteiger partial charge in [-0.15, -0.1) is 0 Å². The Kier molecular flexibility index (Phi) is 4.21. The minimum Gasteiger partial charge on any atom is -0.495 e. The lowest BCUT2D eigenvalue weighted by Gasteiger charge is -2.13. The average Bonchev–Trinajstić information content (AvgIpc) is 3.26. The lowest BCUT2D eigenvalue weighted by Crippen LogP contribution is -2.06. The SMILES string of the molecule is COc1cc(C(F)(F)F)ccc1Nc1cc2[nH]c(-c3cnn(C)c3)cc2cn1. The minimum absolute atomic E-state index is 0.0826. The summed E-state index contributed by atoms with van der Waals surface area (Å²) in [6, 6.07) is 7.02. The van der Waals surface area contributed by atoms with Gasteiger partial charge < -0.3 is 15.0 Å². The third-order valence-electron chi connectivity index (χ3n) is 4.31. The summed E-state index contributed by atoms with van der Waals surface area (Å²) in [6.45, 7) is 0. The fraction of sp³-hybridized carbons (Fsp3) is 0.158. The standard InChI is InChI=1S/C19H16F3N5O/c1-27-10-12(9-24-27)15-5-11-8-23-18(7-16(11)25-15)26-14-4-3-13(19(20,21)22)6-17(14)28-2/h3-10,25H,1-2H3,(H,23,26). The summed E-state index contributed by atoms with van der Waals surface area (Å²) in [6.07, 6.45) is 0.898. The number of halogens is 3. The van der Waals surface area contributed by atoms with Crippen molar-refractivity contribution in [2.45, 2.75) is 6.18 Å². The number of hydrogen-bond donors (Lipinski definition) is 2. The number of fused-ring (bicyclic) bond motifs is 1. The van der Waals surface area contributed by atoms with Crippen LogP contribution in [-0.4, -0.2) is 26.9 Å². The molecule has 0 aliphatic heterocycles. The molecule has 3 heterocycles. The van der Waals surface area contributed by atoms with Gasteiger partial charge in [0, 0.05) is 42.2 Å². The maximum Gasteiger partial charge on any atom is 0.416 e. The van der Waals surface area contributed by atoms with Crippen LogP contribution < -0.4 is 10.1 Å². The summed E-state index contributed by atoms with van der Waals surface area (Å²) in [7, 11) is 3.16. The molecule has 0 fully saturated rings. The molecule has 0 spiro atoms. The molecule has 6 nitrogen and oxygen atoms in total. The quantitative estimate of drug-likeness (QED) is 0.531. The zero-order chi connectivity index (χ0) is 19.9. The highest BCUT2D eigenvalue weighted by Crippen LogP contribution is 2.36. The van der Waals surface area contributed by atoms with E-state index in [4.69, 9.17) is 4.74 Å². The molecule has 0 saturated carbocycles. The second-order valence-electron chi connectivity index (χ2n) is 6.28. The van der Waals surface area contributed by atoms with Crippen molar-refractivity contribution >= 4 is 22.4 Å². The van der Waals surface area contributed by atoms with E-state index in [2.05, 4.69) is 20.4 Å². The average molecular weight is 387 g/mol. The van der Waals surface area contributed by atoms with Crippen molar-refractivity contribution in [3.8, 4) is 17.0 Å². The van der Waals surface area contributed by atoms with Crippen LogP contribution in [0.25, 0.3) is 22.2 Å². The summed E-state index contributed by atoms with van der Waals surface area (Å²) in [5.41, 5.74) is 2.29. The fourth-order valence-corrected chi connectivity index (χ4v) is 2.92. The molecule has 0 bridgehead atoms. The van der Waals surface area contributed by atoms with Gasteiger partial charge in [0.25, 0.3) is 0 Å². The van der Waals surface area contributed by atoms with E-state index < -0.39 is 11.7 Å². The van der Waals surface area contributed by atoms with Crippen molar-refractivity contribution in [3.63, 3.8) is 0 Å². The Morgan fingerprint density at radius 3 is 2.64 bits per heavy atom. The fourth-order valence-electron chi connectivity index (χ4n) is 2.92. The van der Waals surface area contributed by atoms with E-state index in [9.17, 15) is 13.2 Å². The number of aromatic nitrogens is 4. The van der Waals surface area contributed by atoms with Gasteiger partial charge in [-0.3, -0.25) is 4.68 Å². The molecule has 144 valence electrons. The molecule has 4 aromatic rings. The molecular formula is C19H16F3N5O. The number of hydrogen-bond acceptors (Lipinski definition) is 4. The molecule has 0 aliphatic carbocycles. The summed E-state index contributed by atoms with van der Waals surface area (Å²) in [5.74, 6) is 0.560. The predicted molar refractivity (Wildman–Crippen MR) is 99.6 cm³/mol. The number of pyridine rings is 1. The smallest absolute Gasteiger partial charge is 0.416 e. The van der Waals surface area contributed by atoms with Gasteiger partial charge in [-0.05, 0) is 24.3 Å². The highest BCUT2D eigenvalue weighted by molar-refractivity contribution is 5.87. The third kappa shape index (κ3) is 3.38. The zero-order valence-corrected chi connectivity index (χ0v) is 15.0. The third-order valence-corrected chi connectivity index (χ3v) is 4.31. The highest BCUT2D eigenvalue weighted by Gasteiger charge is 2.31. The Labute approximate surface area is 158 Å². The van der Waals surface area contributed by atoms with Crippen LogP contribution >= 0.6 is 0 Å². The summed E-state index contributed by atoms with van der Waals surface area (Å²) in [4.78, 5) is 7.63. The van der Waals surface area contributed by atoms with Gasteiger partial charge in [0.1, 0.15) is 11.6 Å². The van der Waals surface area contributed by atoms with E-state index in [1.54, 1.807) is 23.1 Å². The number of H-pyrrole nitrogens is 1. The van der Waals surface area contributed by atoms with Crippen molar-refractivity contribution < 1.29 is 17.9 Å². The van der Waals surface area contributed by atoms with Gasteiger partial charge in [-0.25, -0.2) is 4.98 Å². The molecule has 2 N–H and O–H groups in total. The molecule has 1 aromatic carbocycles. The molecule has 0 radical (unpaired) electrons. The Morgan fingerprint density at radius 1 is 1.14 bits per heavy atom. The number of anilines is 2. The predicted octanol–water partition coefficient (Wildman–Crippen LogP) is 4.73. The van der Waals surface area contributed by atoms with Gasteiger partial charge in [0.2, 0.25) is 0 Å². The number of aryl methyl sites for hydroxylation is 1. The monoisotopic (exact) mass is 387 g/mol. The van der Waals surface area contributed by atoms with Crippen LogP contribution in [0.2, 0.25) is 0 Å². The van der Waals surface area contributed by atoms with Crippen molar-refractivity contribution in [2.24, 2.45) is 7.05 Å². The number of nitrogens with one attached hydrogen (secondary N) is 2. The van der Waals surface area contributed by atoms with E-state index in [0.29, 0.717) is 11.5 Å². The highest BCUT2D eigenvalue weighted by atomic mass is 19.4. The van der Waals surface area contributed by atoms with Gasteiger partial charge >= 0.3 is 6.18 Å². The van der Waals surface area contributed by atoms with Gasteiger partial charge in [-0.2, -0.15) is 18.3 Å². The second-order valence-corrected chi connectivity index (χ2v) is 6.28. The van der Waals surface area contributed by atoms with Crippen molar-refractivity contribution in [1.82, 2.24) is 19.7 Å². The molecule has 9 heteroatoms. The number of benzene rings is 1. The van der Waals surface area contributed by atoms with Crippen molar-refractivity contribution in [2.75, 3.05) is 12.4 Å². The second kappa shape index (κ2) is 6.59. The molecule has 4 rings (SSSR count). The first-order valence-electron chi connectivity index (χ1n) is 8.33. The summed E-state index contributed by atoms with van der Waals surface area (Å²) in [5, 5.41) is 8.07. The van der Waals surface area contributed by atoms with E-state index in [1.165, 1.54) is 13.2 Å². The number of ether oxygens (including phenoxy) is 1. The van der Waals surface area contributed by atoms with E-state index in [0.717, 1.165) is 34.3 Å². The molecule has 0 saturated heterocycles. The first-order chi connectivity index (χ1) is 13.3. The van der Waals surface area contributed by atoms with Gasteiger partial charge in [0.15, 0.2) is 0 Å². The first kappa shape index (κ1) is 17.9. The minimum atomic E-state index is -4.43. The molecule has 28 heavy (non-hydrogen) atoms. The molecular weight excluding hydrogens is 371 g/mol. The largest absolute Gasteiger partial charge is 0.495 e. The lowest BCUT2D eigenvalue weighted by molar-refractivity contribution is -0.137. The normalized spacial score (nSPS) is 11.8. The topological polar surface area (TPSA) is 67.8 Å². The summed E-state index contributed by atoms with van der Waals surface area (Å²) < 4.78 is 45.5. The number of rotatable bonds is 4. The number of methoxy groups -OCH3 is 1. The van der Waals surface area contributed by atoms with Gasteiger partial charge in [0.05, 0.1) is 30.1 Å². The Hall–Kier alpha value is -3.49. The number of aromatic amines is 1. The van der Waals surface area contributed by atoms with Crippen LogP contribution in [0.15, 0.2) is 48.9 Å². The van der Waals surface area contributed by atoms with Crippen LogP contribution in [0.1, 0.15) is 5.56 Å². The molecule has 0 atom stereocenters. The van der Waals surface area contributed by atoms with Crippen LogP contribution in [-0.2, 0) is 13.2 Å². The molecule has 3 aromatic heterocycles. The van der Waals surface area contributed by atoms with Crippen LogP contribution in [0.3, 0.4) is 0 Å². The van der Waals surface area contributed by atoms with E-state index in [-0.39, 0.29) is 5.75 Å². The number of alkyl halides is 3. The van der Waals surface area contributed by atoms with E-state index >= 15 is 0 Å². The van der Waals surface area contributed by atoms with Crippen LogP contribution in [0.5, 0.6) is 5.75 Å². The van der Waals surface area contributed by atoms with Crippen LogP contribution in [0.4, 0.5) is 24.7 Å². The number of nitrogens with zero attached hydrogens (tertiary/aromatic N) is 3. The van der Waals surface area contributed by atoms with Gasteiger partial charge in [-0.1, -0.05) is 0 Å². The van der Waals surface area contributed by atoms with Crippen molar-refractivity contribution in [1.29, 1.82) is 0 Å². The molecule has 0 aliphatic rings. The maximum atomic E-state index is 12.9. The Morgan fingerprint density at radius 2 is 1.96 bits per heavy atom. The van der Waals surface area contributed by atoms with E-state index in [1.807, 2.05) is 19.3 Å². The van der Waals surface area contributed by atoms with Crippen molar-refractivity contribution in [3.05, 3.63) is 54.5 Å². The zero-order valence-electron chi connectivity index (χ0n) is 15.0. The molecule has 0 unspecified atom stereocenters. The Balaban J connectivity index is 1.65. The Bertz CT molecular complexity index is 1150.